The average molecular weight is 315 g/mol. The normalized spacial score (nSPS) is 17.2. The molecule has 18 heavy (non-hydrogen) atoms. The lowest BCUT2D eigenvalue weighted by molar-refractivity contribution is 0.189. The van der Waals surface area contributed by atoms with Crippen LogP contribution in [0.15, 0.2) is 22.7 Å². The van der Waals surface area contributed by atoms with E-state index in [1.165, 1.54) is 5.69 Å². The van der Waals surface area contributed by atoms with Crippen LogP contribution in [0.4, 0.5) is 5.69 Å². The van der Waals surface area contributed by atoms with E-state index in [9.17, 15) is 0 Å². The first-order valence-electron chi connectivity index (χ1n) is 6.22. The fraction of sp³-hybridized carbons (Fsp3) is 0.538. The summed E-state index contributed by atoms with van der Waals surface area (Å²) >= 11 is 3.48. The molecule has 1 aliphatic rings. The minimum Gasteiger partial charge on any atom is -0.395 e. The molecule has 1 saturated heterocycles. The Hall–Kier alpha value is -0.620. The predicted molar refractivity (Wildman–Crippen MR) is 75.8 cm³/mol. The second-order valence-electron chi connectivity index (χ2n) is 4.49. The van der Waals surface area contributed by atoms with Crippen molar-refractivity contribution in [3.63, 3.8) is 0 Å². The summed E-state index contributed by atoms with van der Waals surface area (Å²) in [5.74, 6) is 0. The van der Waals surface area contributed by atoms with Gasteiger partial charge in [0.2, 0.25) is 0 Å². The maximum Gasteiger partial charge on any atom is 0.0692 e. The molecule has 0 radical (unpaired) electrons. The van der Waals surface area contributed by atoms with Crippen molar-refractivity contribution in [2.75, 3.05) is 44.2 Å². The lowest BCUT2D eigenvalue weighted by atomic mass is 10.2. The quantitative estimate of drug-likeness (QED) is 0.872. The molecule has 100 valence electrons. The Morgan fingerprint density at radius 3 is 2.39 bits per heavy atom. The Kier molecular flexibility index (Phi) is 5.00. The standard InChI is InChI=1S/C13H19BrN2O2/c14-13-9-12(2-1-11(13)10-18)16-5-3-15(4-6-16)7-8-17/h1-2,9,17-18H,3-8,10H2. The highest BCUT2D eigenvalue weighted by molar-refractivity contribution is 9.10. The zero-order valence-electron chi connectivity index (χ0n) is 10.3. The van der Waals surface area contributed by atoms with Crippen LogP contribution in [0.25, 0.3) is 0 Å². The Balaban J connectivity index is 1.99. The van der Waals surface area contributed by atoms with Gasteiger partial charge in [0.05, 0.1) is 13.2 Å². The summed E-state index contributed by atoms with van der Waals surface area (Å²) in [7, 11) is 0. The first kappa shape index (κ1) is 13.8. The maximum absolute atomic E-state index is 9.14. The number of hydrogen-bond donors (Lipinski definition) is 2. The van der Waals surface area contributed by atoms with Crippen LogP contribution in [0.2, 0.25) is 0 Å². The van der Waals surface area contributed by atoms with Crippen LogP contribution in [0.5, 0.6) is 0 Å². The third kappa shape index (κ3) is 3.23. The fourth-order valence-corrected chi connectivity index (χ4v) is 2.72. The van der Waals surface area contributed by atoms with E-state index in [0.717, 1.165) is 42.8 Å². The van der Waals surface area contributed by atoms with Crippen molar-refractivity contribution < 1.29 is 10.2 Å². The van der Waals surface area contributed by atoms with Gasteiger partial charge in [-0.3, -0.25) is 4.90 Å². The average Bonchev–Trinajstić information content (AvgIpc) is 2.40. The van der Waals surface area contributed by atoms with Crippen LogP contribution in [0, 0.1) is 0 Å². The summed E-state index contributed by atoms with van der Waals surface area (Å²) in [5, 5.41) is 18.0. The van der Waals surface area contributed by atoms with Gasteiger partial charge in [0.15, 0.2) is 0 Å². The molecule has 1 aromatic rings. The van der Waals surface area contributed by atoms with Gasteiger partial charge in [-0.05, 0) is 17.7 Å². The van der Waals surface area contributed by atoms with Crippen molar-refractivity contribution in [2.45, 2.75) is 6.61 Å². The molecule has 0 atom stereocenters. The number of aliphatic hydroxyl groups is 2. The van der Waals surface area contributed by atoms with Gasteiger partial charge in [-0.15, -0.1) is 0 Å². The number of anilines is 1. The molecule has 0 saturated carbocycles. The number of halogens is 1. The number of hydrogen-bond acceptors (Lipinski definition) is 4. The largest absolute Gasteiger partial charge is 0.395 e. The number of benzene rings is 1. The highest BCUT2D eigenvalue weighted by Crippen LogP contribution is 2.25. The van der Waals surface area contributed by atoms with Gasteiger partial charge in [-0.25, -0.2) is 0 Å². The van der Waals surface area contributed by atoms with E-state index in [1.807, 2.05) is 6.07 Å². The van der Waals surface area contributed by atoms with Crippen molar-refractivity contribution >= 4 is 21.6 Å². The van der Waals surface area contributed by atoms with Crippen LogP contribution < -0.4 is 4.90 Å². The first-order chi connectivity index (χ1) is 8.74. The fourth-order valence-electron chi connectivity index (χ4n) is 2.23. The summed E-state index contributed by atoms with van der Waals surface area (Å²) in [6.45, 7) is 4.98. The maximum atomic E-state index is 9.14. The number of nitrogens with zero attached hydrogens (tertiary/aromatic N) is 2. The highest BCUT2D eigenvalue weighted by atomic mass is 79.9. The molecular weight excluding hydrogens is 296 g/mol. The smallest absolute Gasteiger partial charge is 0.0692 e. The van der Waals surface area contributed by atoms with Crippen LogP contribution in [0.3, 0.4) is 0 Å². The van der Waals surface area contributed by atoms with Gasteiger partial charge >= 0.3 is 0 Å². The summed E-state index contributed by atoms with van der Waals surface area (Å²) in [5.41, 5.74) is 2.10. The molecule has 0 spiro atoms. The molecule has 4 nitrogen and oxygen atoms in total. The van der Waals surface area contributed by atoms with Crippen molar-refractivity contribution in [2.24, 2.45) is 0 Å². The SMILES string of the molecule is OCCN1CCN(c2ccc(CO)c(Br)c2)CC1. The summed E-state index contributed by atoms with van der Waals surface area (Å²) in [6.07, 6.45) is 0. The number of rotatable bonds is 4. The van der Waals surface area contributed by atoms with E-state index in [1.54, 1.807) is 0 Å². The van der Waals surface area contributed by atoms with Gasteiger partial charge in [0, 0.05) is 42.9 Å². The van der Waals surface area contributed by atoms with Gasteiger partial charge in [0.1, 0.15) is 0 Å². The van der Waals surface area contributed by atoms with Crippen LogP contribution >= 0.6 is 15.9 Å². The Morgan fingerprint density at radius 1 is 1.11 bits per heavy atom. The molecule has 0 bridgehead atoms. The van der Waals surface area contributed by atoms with Gasteiger partial charge in [-0.1, -0.05) is 22.0 Å². The van der Waals surface area contributed by atoms with Crippen LogP contribution in [-0.2, 0) is 6.61 Å². The molecule has 1 heterocycles. The zero-order chi connectivity index (χ0) is 13.0. The van der Waals surface area contributed by atoms with E-state index in [2.05, 4.69) is 37.9 Å². The molecule has 2 N–H and O–H groups in total. The van der Waals surface area contributed by atoms with Crippen molar-refractivity contribution in [3.8, 4) is 0 Å². The highest BCUT2D eigenvalue weighted by Gasteiger charge is 2.17. The minimum atomic E-state index is 0.0607. The molecule has 0 aromatic heterocycles. The molecular formula is C13H19BrN2O2. The lowest BCUT2D eigenvalue weighted by Gasteiger charge is -2.36. The summed E-state index contributed by atoms with van der Waals surface area (Å²) < 4.78 is 0.959. The minimum absolute atomic E-state index is 0.0607. The summed E-state index contributed by atoms with van der Waals surface area (Å²) in [6, 6.07) is 6.07. The van der Waals surface area contributed by atoms with E-state index in [-0.39, 0.29) is 13.2 Å². The van der Waals surface area contributed by atoms with E-state index < -0.39 is 0 Å². The third-order valence-electron chi connectivity index (χ3n) is 3.36. The Labute approximate surface area is 116 Å². The molecule has 0 unspecified atom stereocenters. The molecule has 2 rings (SSSR count). The molecule has 1 aliphatic heterocycles. The van der Waals surface area contributed by atoms with Crippen molar-refractivity contribution in [3.05, 3.63) is 28.2 Å². The molecule has 0 amide bonds. The Bertz CT molecular complexity index is 393. The second-order valence-corrected chi connectivity index (χ2v) is 5.34. The lowest BCUT2D eigenvalue weighted by Crippen LogP contribution is -2.47. The molecule has 5 heteroatoms. The van der Waals surface area contributed by atoms with Crippen molar-refractivity contribution in [1.82, 2.24) is 4.90 Å². The second kappa shape index (κ2) is 6.52. The molecule has 1 fully saturated rings. The number of aliphatic hydroxyl groups excluding tert-OH is 2. The van der Waals surface area contributed by atoms with E-state index >= 15 is 0 Å². The predicted octanol–water partition coefficient (Wildman–Crippen LogP) is 1.06. The van der Waals surface area contributed by atoms with Crippen molar-refractivity contribution in [1.29, 1.82) is 0 Å². The van der Waals surface area contributed by atoms with Gasteiger partial charge in [0.25, 0.3) is 0 Å². The molecule has 1 aromatic carbocycles. The first-order valence-corrected chi connectivity index (χ1v) is 7.01. The van der Waals surface area contributed by atoms with Gasteiger partial charge < -0.3 is 15.1 Å². The number of β-amino-alcohol motifs (C(OH)–C–C–N with tert-alkyl or cyclic N) is 1. The van der Waals surface area contributed by atoms with E-state index in [4.69, 9.17) is 10.2 Å². The third-order valence-corrected chi connectivity index (χ3v) is 4.10. The summed E-state index contributed by atoms with van der Waals surface area (Å²) in [4.78, 5) is 4.60. The monoisotopic (exact) mass is 314 g/mol. The van der Waals surface area contributed by atoms with Gasteiger partial charge in [-0.2, -0.15) is 0 Å². The van der Waals surface area contributed by atoms with Crippen LogP contribution in [0.1, 0.15) is 5.56 Å². The zero-order valence-corrected chi connectivity index (χ0v) is 11.9. The number of piperazine rings is 1. The topological polar surface area (TPSA) is 46.9 Å². The Morgan fingerprint density at radius 2 is 1.83 bits per heavy atom. The van der Waals surface area contributed by atoms with E-state index in [0.29, 0.717) is 0 Å². The molecule has 0 aliphatic carbocycles. The van der Waals surface area contributed by atoms with Crippen LogP contribution in [-0.4, -0.2) is 54.4 Å².